The van der Waals surface area contributed by atoms with Crippen molar-refractivity contribution in [1.82, 2.24) is 5.32 Å². The third-order valence-corrected chi connectivity index (χ3v) is 7.41. The van der Waals surface area contributed by atoms with Crippen LogP contribution in [-0.4, -0.2) is 71.6 Å². The maximum Gasteiger partial charge on any atom is 0.323 e. The Kier molecular flexibility index (Phi) is 9.10. The SMILES string of the molecule is COc1ccccc1NC(=O)Nc1ccc(N2CCN(c3ccccc3OC)CC2)c(C(=O)NCC2CCCO2)c1. The Bertz CT molecular complexity index is 1350. The molecule has 10 nitrogen and oxygen atoms in total. The van der Waals surface area contributed by atoms with Crippen LogP contribution in [-0.2, 0) is 4.74 Å². The Balaban J connectivity index is 1.32. The highest BCUT2D eigenvalue weighted by molar-refractivity contribution is 6.04. The summed E-state index contributed by atoms with van der Waals surface area (Å²) in [5.41, 5.74) is 3.45. The molecule has 0 saturated carbocycles. The zero-order valence-corrected chi connectivity index (χ0v) is 23.5. The van der Waals surface area contributed by atoms with Gasteiger partial charge in [0.05, 0.1) is 37.3 Å². The van der Waals surface area contributed by atoms with Crippen LogP contribution in [0.3, 0.4) is 0 Å². The third-order valence-electron chi connectivity index (χ3n) is 7.41. The molecule has 2 aliphatic heterocycles. The number of para-hydroxylation sites is 4. The maximum atomic E-state index is 13.5. The molecule has 2 heterocycles. The zero-order chi connectivity index (χ0) is 28.6. The van der Waals surface area contributed by atoms with Crippen LogP contribution in [0.5, 0.6) is 11.5 Å². The first-order valence-corrected chi connectivity index (χ1v) is 13.9. The fourth-order valence-electron chi connectivity index (χ4n) is 5.29. The average molecular weight is 560 g/mol. The number of nitrogens with one attached hydrogen (secondary N) is 3. The zero-order valence-electron chi connectivity index (χ0n) is 23.5. The van der Waals surface area contributed by atoms with Gasteiger partial charge in [-0.05, 0) is 55.3 Å². The quantitative estimate of drug-likeness (QED) is 0.353. The predicted molar refractivity (Wildman–Crippen MR) is 161 cm³/mol. The molecule has 5 rings (SSSR count). The van der Waals surface area contributed by atoms with Crippen LogP contribution in [0.15, 0.2) is 66.7 Å². The number of urea groups is 1. The summed E-state index contributed by atoms with van der Waals surface area (Å²) < 4.78 is 16.6. The Hall–Kier alpha value is -4.44. The summed E-state index contributed by atoms with van der Waals surface area (Å²) in [6.07, 6.45) is 1.96. The minimum atomic E-state index is -0.432. The number of hydrogen-bond acceptors (Lipinski definition) is 7. The van der Waals surface area contributed by atoms with E-state index in [1.807, 2.05) is 42.5 Å². The molecule has 0 spiro atoms. The average Bonchev–Trinajstić information content (AvgIpc) is 3.54. The second-order valence-electron chi connectivity index (χ2n) is 10.0. The summed E-state index contributed by atoms with van der Waals surface area (Å²) in [6, 6.07) is 20.2. The van der Waals surface area contributed by atoms with Crippen LogP contribution in [0.4, 0.5) is 27.5 Å². The summed E-state index contributed by atoms with van der Waals surface area (Å²) in [4.78, 5) is 30.8. The van der Waals surface area contributed by atoms with E-state index in [0.717, 1.165) is 62.8 Å². The van der Waals surface area contributed by atoms with Gasteiger partial charge in [-0.2, -0.15) is 0 Å². The van der Waals surface area contributed by atoms with Gasteiger partial charge in [-0.15, -0.1) is 0 Å². The molecule has 3 amide bonds. The van der Waals surface area contributed by atoms with Gasteiger partial charge in [0.25, 0.3) is 5.91 Å². The molecule has 0 bridgehead atoms. The van der Waals surface area contributed by atoms with Crippen LogP contribution < -0.4 is 35.2 Å². The van der Waals surface area contributed by atoms with Crippen molar-refractivity contribution >= 4 is 34.7 Å². The van der Waals surface area contributed by atoms with Crippen LogP contribution >= 0.6 is 0 Å². The van der Waals surface area contributed by atoms with Crippen LogP contribution in [0.1, 0.15) is 23.2 Å². The fraction of sp³-hybridized carbons (Fsp3) is 0.355. The Morgan fingerprint density at radius 3 is 2.24 bits per heavy atom. The molecule has 2 fully saturated rings. The lowest BCUT2D eigenvalue weighted by Crippen LogP contribution is -2.47. The van der Waals surface area contributed by atoms with Crippen molar-refractivity contribution in [1.29, 1.82) is 0 Å². The molecular formula is C31H37N5O5. The standard InChI is InChI=1S/C31H37N5O5/c1-39-28-11-5-3-9-25(28)34-31(38)33-22-13-14-26(24(20-22)30(37)32-21-23-8-7-19-41-23)35-15-17-36(18-16-35)27-10-4-6-12-29(27)40-2/h3-6,9-14,20,23H,7-8,15-19,21H2,1-2H3,(H,32,37)(H2,33,34,38). The van der Waals surface area contributed by atoms with E-state index in [1.165, 1.54) is 0 Å². The fourth-order valence-corrected chi connectivity index (χ4v) is 5.29. The largest absolute Gasteiger partial charge is 0.495 e. The van der Waals surface area contributed by atoms with Crippen molar-refractivity contribution in [2.75, 3.05) is 74.0 Å². The van der Waals surface area contributed by atoms with Gasteiger partial charge in [0, 0.05) is 50.7 Å². The van der Waals surface area contributed by atoms with Gasteiger partial charge in [-0.25, -0.2) is 4.79 Å². The van der Waals surface area contributed by atoms with Crippen molar-refractivity contribution in [3.8, 4) is 11.5 Å². The smallest absolute Gasteiger partial charge is 0.323 e. The third kappa shape index (κ3) is 6.83. The van der Waals surface area contributed by atoms with Crippen LogP contribution in [0, 0.1) is 0 Å². The van der Waals surface area contributed by atoms with Gasteiger partial charge in [0.15, 0.2) is 0 Å². The second kappa shape index (κ2) is 13.3. The van der Waals surface area contributed by atoms with E-state index in [9.17, 15) is 9.59 Å². The van der Waals surface area contributed by atoms with Crippen molar-refractivity contribution in [2.24, 2.45) is 0 Å². The van der Waals surface area contributed by atoms with Gasteiger partial charge in [0.2, 0.25) is 0 Å². The van der Waals surface area contributed by atoms with E-state index < -0.39 is 6.03 Å². The van der Waals surface area contributed by atoms with Gasteiger partial charge >= 0.3 is 6.03 Å². The van der Waals surface area contributed by atoms with Gasteiger partial charge < -0.3 is 40.0 Å². The molecule has 2 saturated heterocycles. The van der Waals surface area contributed by atoms with Crippen molar-refractivity contribution in [3.05, 3.63) is 72.3 Å². The molecule has 10 heteroatoms. The number of methoxy groups -OCH3 is 2. The number of anilines is 4. The topological polar surface area (TPSA) is 104 Å². The van der Waals surface area contributed by atoms with Crippen molar-refractivity contribution in [2.45, 2.75) is 18.9 Å². The van der Waals surface area contributed by atoms with Crippen molar-refractivity contribution in [3.63, 3.8) is 0 Å². The van der Waals surface area contributed by atoms with E-state index in [0.29, 0.717) is 29.2 Å². The highest BCUT2D eigenvalue weighted by Crippen LogP contribution is 2.31. The number of amides is 3. The minimum Gasteiger partial charge on any atom is -0.495 e. The Morgan fingerprint density at radius 2 is 1.54 bits per heavy atom. The molecule has 3 aromatic rings. The van der Waals surface area contributed by atoms with E-state index in [-0.39, 0.29) is 12.0 Å². The number of rotatable bonds is 9. The number of carbonyl (C=O) groups excluding carboxylic acids is 2. The summed E-state index contributed by atoms with van der Waals surface area (Å²) in [5.74, 6) is 1.20. The molecular weight excluding hydrogens is 522 g/mol. The number of benzene rings is 3. The molecule has 1 unspecified atom stereocenters. The monoisotopic (exact) mass is 559 g/mol. The number of piperazine rings is 1. The maximum absolute atomic E-state index is 13.5. The molecule has 3 N–H and O–H groups in total. The first-order valence-electron chi connectivity index (χ1n) is 13.9. The normalized spacial score (nSPS) is 16.7. The highest BCUT2D eigenvalue weighted by atomic mass is 16.5. The van der Waals surface area contributed by atoms with E-state index >= 15 is 0 Å². The van der Waals surface area contributed by atoms with Gasteiger partial charge in [-0.3, -0.25) is 4.79 Å². The minimum absolute atomic E-state index is 0.0275. The molecule has 216 valence electrons. The molecule has 0 radical (unpaired) electrons. The van der Waals surface area contributed by atoms with Crippen LogP contribution in [0.25, 0.3) is 0 Å². The first kappa shape index (κ1) is 28.1. The van der Waals surface area contributed by atoms with E-state index in [1.54, 1.807) is 32.4 Å². The Morgan fingerprint density at radius 1 is 0.854 bits per heavy atom. The van der Waals surface area contributed by atoms with Crippen LogP contribution in [0.2, 0.25) is 0 Å². The highest BCUT2D eigenvalue weighted by Gasteiger charge is 2.25. The molecule has 41 heavy (non-hydrogen) atoms. The molecule has 1 atom stereocenters. The van der Waals surface area contributed by atoms with Gasteiger partial charge in [0.1, 0.15) is 11.5 Å². The number of nitrogens with zero attached hydrogens (tertiary/aromatic N) is 2. The lowest BCUT2D eigenvalue weighted by molar-refractivity contribution is 0.0858. The van der Waals surface area contributed by atoms with E-state index in [2.05, 4.69) is 31.8 Å². The molecule has 2 aliphatic rings. The lowest BCUT2D eigenvalue weighted by atomic mass is 10.1. The summed E-state index contributed by atoms with van der Waals surface area (Å²) in [6.45, 7) is 4.18. The summed E-state index contributed by atoms with van der Waals surface area (Å²) in [5, 5.41) is 8.71. The van der Waals surface area contributed by atoms with E-state index in [4.69, 9.17) is 14.2 Å². The first-order chi connectivity index (χ1) is 20.1. The molecule has 0 aliphatic carbocycles. The number of ether oxygens (including phenoxy) is 3. The van der Waals surface area contributed by atoms with Gasteiger partial charge in [-0.1, -0.05) is 24.3 Å². The molecule has 3 aromatic carbocycles. The summed E-state index contributed by atoms with van der Waals surface area (Å²) >= 11 is 0. The second-order valence-corrected chi connectivity index (χ2v) is 10.0. The number of carbonyl (C=O) groups is 2. The van der Waals surface area contributed by atoms with Crippen molar-refractivity contribution < 1.29 is 23.8 Å². The predicted octanol–water partition coefficient (Wildman–Crippen LogP) is 4.58. The lowest BCUT2D eigenvalue weighted by Gasteiger charge is -2.38. The Labute approximate surface area is 240 Å². The summed E-state index contributed by atoms with van der Waals surface area (Å²) in [7, 11) is 3.23. The number of hydrogen-bond donors (Lipinski definition) is 3. The molecule has 0 aromatic heterocycles.